The van der Waals surface area contributed by atoms with Gasteiger partial charge < -0.3 is 9.64 Å². The maximum atomic E-state index is 11.9. The van der Waals surface area contributed by atoms with Gasteiger partial charge in [0, 0.05) is 28.5 Å². The molecule has 3 aromatic carbocycles. The molecule has 0 fully saturated rings. The first-order valence-corrected chi connectivity index (χ1v) is 12.2. The second-order valence-electron chi connectivity index (χ2n) is 7.73. The fourth-order valence-corrected chi connectivity index (χ4v) is 4.08. The van der Waals surface area contributed by atoms with Crippen LogP contribution in [-0.4, -0.2) is 42.6 Å². The van der Waals surface area contributed by atoms with E-state index < -0.39 is 10.8 Å². The first-order chi connectivity index (χ1) is 15.0. The molecule has 162 valence electrons. The van der Waals surface area contributed by atoms with E-state index in [9.17, 15) is 4.21 Å². The Morgan fingerprint density at radius 3 is 1.94 bits per heavy atom. The summed E-state index contributed by atoms with van der Waals surface area (Å²) in [4.78, 5) is 2.95. The lowest BCUT2D eigenvalue weighted by atomic mass is 9.88. The zero-order valence-corrected chi connectivity index (χ0v) is 19.6. The van der Waals surface area contributed by atoms with E-state index in [4.69, 9.17) is 4.74 Å². The lowest BCUT2D eigenvalue weighted by molar-refractivity contribution is 0.261. The Morgan fingerprint density at radius 2 is 1.42 bits per heavy atom. The predicted molar refractivity (Wildman–Crippen MR) is 132 cm³/mol. The van der Waals surface area contributed by atoms with Crippen LogP contribution in [0.3, 0.4) is 0 Å². The van der Waals surface area contributed by atoms with E-state index in [1.54, 1.807) is 6.26 Å². The molecule has 3 nitrogen and oxygen atoms in total. The molecule has 4 heteroatoms. The minimum absolute atomic E-state index is 0.662. The van der Waals surface area contributed by atoms with Crippen molar-refractivity contribution in [2.75, 3.05) is 33.5 Å². The molecule has 0 aliphatic rings. The predicted octanol–water partition coefficient (Wildman–Crippen LogP) is 5.73. The van der Waals surface area contributed by atoms with Crippen molar-refractivity contribution in [3.8, 4) is 5.75 Å². The molecule has 1 unspecified atom stereocenters. The molecule has 3 aromatic rings. The Morgan fingerprint density at radius 1 is 0.839 bits per heavy atom. The number of allylic oxidation sites excluding steroid dienone is 1. The van der Waals surface area contributed by atoms with Gasteiger partial charge in [0.2, 0.25) is 0 Å². The number of likely N-dealkylation sites (N-methyl/N-ethyl adjacent to an activating group) is 1. The maximum absolute atomic E-state index is 11.9. The SMILES string of the molecule is CC/C(=C(/c1ccc(OCCN(C)C)cc1)c1ccc(S(C)=O)cc1)c1ccccc1. The third kappa shape index (κ3) is 6.16. The van der Waals surface area contributed by atoms with Crippen LogP contribution < -0.4 is 4.74 Å². The monoisotopic (exact) mass is 433 g/mol. The van der Waals surface area contributed by atoms with E-state index in [2.05, 4.69) is 60.4 Å². The Bertz CT molecular complexity index is 1020. The molecule has 0 aliphatic carbocycles. The van der Waals surface area contributed by atoms with Gasteiger partial charge in [-0.05, 0) is 72.6 Å². The summed E-state index contributed by atoms with van der Waals surface area (Å²) in [6.07, 6.45) is 2.62. The van der Waals surface area contributed by atoms with E-state index >= 15 is 0 Å². The zero-order valence-electron chi connectivity index (χ0n) is 18.8. The number of rotatable bonds is 9. The van der Waals surface area contributed by atoms with Crippen molar-refractivity contribution >= 4 is 21.9 Å². The highest BCUT2D eigenvalue weighted by atomic mass is 32.2. The van der Waals surface area contributed by atoms with Crippen LogP contribution in [0.2, 0.25) is 0 Å². The second kappa shape index (κ2) is 11.1. The van der Waals surface area contributed by atoms with Crippen LogP contribution in [0.4, 0.5) is 0 Å². The Kier molecular flexibility index (Phi) is 8.21. The molecule has 0 aliphatic heterocycles. The van der Waals surface area contributed by atoms with E-state index in [0.29, 0.717) is 6.61 Å². The topological polar surface area (TPSA) is 29.5 Å². The molecule has 0 heterocycles. The highest BCUT2D eigenvalue weighted by molar-refractivity contribution is 7.84. The summed E-state index contributed by atoms with van der Waals surface area (Å²) in [7, 11) is 3.09. The smallest absolute Gasteiger partial charge is 0.119 e. The van der Waals surface area contributed by atoms with Crippen LogP contribution in [-0.2, 0) is 10.8 Å². The summed E-state index contributed by atoms with van der Waals surface area (Å²) in [5, 5.41) is 0. The van der Waals surface area contributed by atoms with E-state index in [0.717, 1.165) is 34.7 Å². The average molecular weight is 434 g/mol. The Hall–Kier alpha value is -2.69. The largest absolute Gasteiger partial charge is 0.492 e. The molecular formula is C27H31NO2S. The van der Waals surface area contributed by atoms with Crippen molar-refractivity contribution in [3.05, 3.63) is 95.6 Å². The van der Waals surface area contributed by atoms with Crippen molar-refractivity contribution in [1.29, 1.82) is 0 Å². The average Bonchev–Trinajstić information content (AvgIpc) is 2.78. The number of nitrogens with zero attached hydrogens (tertiary/aromatic N) is 1. The van der Waals surface area contributed by atoms with Crippen molar-refractivity contribution in [2.24, 2.45) is 0 Å². The summed E-state index contributed by atoms with van der Waals surface area (Å²) < 4.78 is 17.7. The number of benzene rings is 3. The van der Waals surface area contributed by atoms with Gasteiger partial charge in [0.05, 0.1) is 0 Å². The molecule has 0 aromatic heterocycles. The van der Waals surface area contributed by atoms with Gasteiger partial charge in [-0.1, -0.05) is 61.5 Å². The van der Waals surface area contributed by atoms with Crippen molar-refractivity contribution in [3.63, 3.8) is 0 Å². The van der Waals surface area contributed by atoms with E-state index in [1.165, 1.54) is 16.7 Å². The molecule has 0 radical (unpaired) electrons. The van der Waals surface area contributed by atoms with Crippen LogP contribution in [0.1, 0.15) is 30.0 Å². The molecule has 3 rings (SSSR count). The summed E-state index contributed by atoms with van der Waals surface area (Å²) >= 11 is 0. The molecule has 0 bridgehead atoms. The molecule has 0 saturated carbocycles. The van der Waals surface area contributed by atoms with Gasteiger partial charge in [-0.15, -0.1) is 0 Å². The molecule has 0 spiro atoms. The highest BCUT2D eigenvalue weighted by Gasteiger charge is 2.13. The van der Waals surface area contributed by atoms with E-state index in [-0.39, 0.29) is 0 Å². The fourth-order valence-electron chi connectivity index (χ4n) is 3.56. The third-order valence-corrected chi connectivity index (χ3v) is 6.14. The summed E-state index contributed by atoms with van der Waals surface area (Å²) in [6.45, 7) is 3.73. The van der Waals surface area contributed by atoms with Gasteiger partial charge in [-0.3, -0.25) is 4.21 Å². The second-order valence-corrected chi connectivity index (χ2v) is 9.11. The number of ether oxygens (including phenoxy) is 1. The van der Waals surface area contributed by atoms with Crippen LogP contribution in [0.25, 0.3) is 11.1 Å². The third-order valence-electron chi connectivity index (χ3n) is 5.20. The zero-order chi connectivity index (χ0) is 22.2. The quantitative estimate of drug-likeness (QED) is 0.403. The molecule has 1 atom stereocenters. The summed E-state index contributed by atoms with van der Waals surface area (Å²) in [5.41, 5.74) is 5.96. The molecule has 0 amide bonds. The van der Waals surface area contributed by atoms with Crippen molar-refractivity contribution < 1.29 is 8.95 Å². The van der Waals surface area contributed by atoms with Crippen molar-refractivity contribution in [1.82, 2.24) is 4.90 Å². The minimum atomic E-state index is -0.989. The highest BCUT2D eigenvalue weighted by Crippen LogP contribution is 2.35. The fraction of sp³-hybridized carbons (Fsp3) is 0.259. The lowest BCUT2D eigenvalue weighted by Crippen LogP contribution is -2.19. The minimum Gasteiger partial charge on any atom is -0.492 e. The molecular weight excluding hydrogens is 402 g/mol. The lowest BCUT2D eigenvalue weighted by Gasteiger charge is -2.17. The van der Waals surface area contributed by atoms with Gasteiger partial charge in [0.1, 0.15) is 12.4 Å². The first-order valence-electron chi connectivity index (χ1n) is 10.6. The molecule has 0 saturated heterocycles. The van der Waals surface area contributed by atoms with Gasteiger partial charge in [-0.2, -0.15) is 0 Å². The molecule has 31 heavy (non-hydrogen) atoms. The van der Waals surface area contributed by atoms with Gasteiger partial charge in [0.25, 0.3) is 0 Å². The van der Waals surface area contributed by atoms with Crippen molar-refractivity contribution in [2.45, 2.75) is 18.2 Å². The normalized spacial score (nSPS) is 13.1. The molecule has 0 N–H and O–H groups in total. The maximum Gasteiger partial charge on any atom is 0.119 e. The van der Waals surface area contributed by atoms with Gasteiger partial charge >= 0.3 is 0 Å². The number of hydrogen-bond acceptors (Lipinski definition) is 3. The summed E-state index contributed by atoms with van der Waals surface area (Å²) in [6, 6.07) is 26.9. The standard InChI is InChI=1S/C27H31NO2S/c1-5-26(21-9-7-6-8-10-21)27(23-13-17-25(18-14-23)31(4)29)22-11-15-24(16-12-22)30-20-19-28(2)3/h6-18H,5,19-20H2,1-4H3/b27-26+. The summed E-state index contributed by atoms with van der Waals surface area (Å²) in [5.74, 6) is 0.874. The number of hydrogen-bond donors (Lipinski definition) is 0. The van der Waals surface area contributed by atoms with Crippen LogP contribution >= 0.6 is 0 Å². The van der Waals surface area contributed by atoms with Gasteiger partial charge in [0.15, 0.2) is 0 Å². The Labute approximate surface area is 188 Å². The van der Waals surface area contributed by atoms with Gasteiger partial charge in [-0.25, -0.2) is 0 Å². The van der Waals surface area contributed by atoms with Crippen LogP contribution in [0.15, 0.2) is 83.8 Å². The van der Waals surface area contributed by atoms with Crippen LogP contribution in [0, 0.1) is 0 Å². The first kappa shape index (κ1) is 23.0. The Balaban J connectivity index is 2.04. The van der Waals surface area contributed by atoms with Crippen LogP contribution in [0.5, 0.6) is 5.75 Å². The van der Waals surface area contributed by atoms with E-state index in [1.807, 2.05) is 44.4 Å².